The first-order chi connectivity index (χ1) is 10.6. The van der Waals surface area contributed by atoms with Gasteiger partial charge in [0.05, 0.1) is 17.6 Å². The standard InChI is InChI=1S/C16H26N2O4S/c1-10(2)12(5)18-23(20,21)13-7-8-15(22-6)14(9-13)16(19)17-11(3)4/h7-12,18H,1-6H3,(H,17,19). The Morgan fingerprint density at radius 2 is 1.74 bits per heavy atom. The minimum absolute atomic E-state index is 0.0414. The van der Waals surface area contributed by atoms with Gasteiger partial charge in [-0.05, 0) is 44.9 Å². The van der Waals surface area contributed by atoms with Gasteiger partial charge in [-0.2, -0.15) is 0 Å². The van der Waals surface area contributed by atoms with Crippen LogP contribution < -0.4 is 14.8 Å². The molecule has 0 aliphatic heterocycles. The van der Waals surface area contributed by atoms with Crippen LogP contribution in [0, 0.1) is 5.92 Å². The number of benzene rings is 1. The summed E-state index contributed by atoms with van der Waals surface area (Å²) in [5.74, 6) is 0.122. The van der Waals surface area contributed by atoms with E-state index in [1.165, 1.54) is 25.3 Å². The second-order valence-electron chi connectivity index (χ2n) is 6.14. The van der Waals surface area contributed by atoms with Gasteiger partial charge in [-0.1, -0.05) is 13.8 Å². The molecular formula is C16H26N2O4S. The summed E-state index contributed by atoms with van der Waals surface area (Å²) in [5, 5.41) is 2.74. The minimum Gasteiger partial charge on any atom is -0.496 e. The maximum Gasteiger partial charge on any atom is 0.255 e. The van der Waals surface area contributed by atoms with E-state index >= 15 is 0 Å². The summed E-state index contributed by atoms with van der Waals surface area (Å²) < 4.78 is 32.7. The smallest absolute Gasteiger partial charge is 0.255 e. The Bertz CT molecular complexity index is 654. The predicted octanol–water partition coefficient (Wildman–Crippen LogP) is 2.16. The van der Waals surface area contributed by atoms with Crippen LogP contribution in [-0.2, 0) is 10.0 Å². The largest absolute Gasteiger partial charge is 0.496 e. The molecule has 130 valence electrons. The molecule has 2 N–H and O–H groups in total. The van der Waals surface area contributed by atoms with Crippen molar-refractivity contribution in [3.63, 3.8) is 0 Å². The van der Waals surface area contributed by atoms with Crippen LogP contribution in [0.3, 0.4) is 0 Å². The van der Waals surface area contributed by atoms with Crippen molar-refractivity contribution >= 4 is 15.9 Å². The first-order valence-electron chi connectivity index (χ1n) is 7.59. The maximum absolute atomic E-state index is 12.5. The van der Waals surface area contributed by atoms with Crippen molar-refractivity contribution in [2.45, 2.75) is 51.6 Å². The van der Waals surface area contributed by atoms with Crippen LogP contribution in [0.5, 0.6) is 5.75 Å². The number of ether oxygens (including phenoxy) is 1. The lowest BCUT2D eigenvalue weighted by Crippen LogP contribution is -2.36. The molecule has 0 saturated heterocycles. The molecule has 0 aromatic heterocycles. The molecule has 1 atom stereocenters. The molecule has 0 bridgehead atoms. The number of hydrogen-bond donors (Lipinski definition) is 2. The Morgan fingerprint density at radius 1 is 1.13 bits per heavy atom. The molecule has 0 saturated carbocycles. The van der Waals surface area contributed by atoms with E-state index < -0.39 is 10.0 Å². The van der Waals surface area contributed by atoms with E-state index in [0.29, 0.717) is 5.75 Å². The fraction of sp³-hybridized carbons (Fsp3) is 0.562. The molecule has 1 unspecified atom stereocenters. The molecule has 0 heterocycles. The highest BCUT2D eigenvalue weighted by Gasteiger charge is 2.22. The molecule has 0 aliphatic rings. The Morgan fingerprint density at radius 3 is 2.22 bits per heavy atom. The molecular weight excluding hydrogens is 316 g/mol. The highest BCUT2D eigenvalue weighted by atomic mass is 32.2. The number of methoxy groups -OCH3 is 1. The van der Waals surface area contributed by atoms with Crippen LogP contribution in [0.15, 0.2) is 23.1 Å². The average Bonchev–Trinajstić information content (AvgIpc) is 2.45. The molecule has 1 rings (SSSR count). The van der Waals surface area contributed by atoms with E-state index in [4.69, 9.17) is 4.74 Å². The van der Waals surface area contributed by atoms with Gasteiger partial charge in [0.15, 0.2) is 0 Å². The topological polar surface area (TPSA) is 84.5 Å². The summed E-state index contributed by atoms with van der Waals surface area (Å²) in [7, 11) is -2.26. The number of amides is 1. The number of hydrogen-bond acceptors (Lipinski definition) is 4. The molecule has 7 heteroatoms. The van der Waals surface area contributed by atoms with Crippen molar-refractivity contribution in [1.29, 1.82) is 0 Å². The molecule has 0 spiro atoms. The summed E-state index contributed by atoms with van der Waals surface area (Å²) in [6, 6.07) is 3.98. The highest BCUT2D eigenvalue weighted by molar-refractivity contribution is 7.89. The number of sulfonamides is 1. The van der Waals surface area contributed by atoms with Crippen LogP contribution in [-0.4, -0.2) is 33.5 Å². The number of carbonyl (C=O) groups is 1. The number of carbonyl (C=O) groups excluding carboxylic acids is 1. The summed E-state index contributed by atoms with van der Waals surface area (Å²) in [6.07, 6.45) is 0. The van der Waals surface area contributed by atoms with Gasteiger partial charge < -0.3 is 10.1 Å². The summed E-state index contributed by atoms with van der Waals surface area (Å²) in [5.41, 5.74) is 0.196. The zero-order valence-electron chi connectivity index (χ0n) is 14.5. The highest BCUT2D eigenvalue weighted by Crippen LogP contribution is 2.23. The van der Waals surface area contributed by atoms with E-state index in [-0.39, 0.29) is 34.4 Å². The van der Waals surface area contributed by atoms with Crippen LogP contribution in [0.4, 0.5) is 0 Å². The van der Waals surface area contributed by atoms with Gasteiger partial charge in [-0.3, -0.25) is 4.79 Å². The van der Waals surface area contributed by atoms with Gasteiger partial charge in [0.2, 0.25) is 10.0 Å². The minimum atomic E-state index is -3.70. The predicted molar refractivity (Wildman–Crippen MR) is 90.2 cm³/mol. The van der Waals surface area contributed by atoms with Gasteiger partial charge >= 0.3 is 0 Å². The molecule has 0 aliphatic carbocycles. The molecule has 6 nitrogen and oxygen atoms in total. The molecule has 0 fully saturated rings. The zero-order chi connectivity index (χ0) is 17.8. The SMILES string of the molecule is COc1ccc(S(=O)(=O)NC(C)C(C)C)cc1C(=O)NC(C)C. The van der Waals surface area contributed by atoms with Crippen molar-refractivity contribution in [2.24, 2.45) is 5.92 Å². The molecule has 1 aromatic rings. The Hall–Kier alpha value is -1.60. The third-order valence-corrected chi connectivity index (χ3v) is 5.04. The summed E-state index contributed by atoms with van der Waals surface area (Å²) in [6.45, 7) is 9.33. The van der Waals surface area contributed by atoms with E-state index in [1.807, 2.05) is 27.7 Å². The lowest BCUT2D eigenvalue weighted by molar-refractivity contribution is 0.0940. The van der Waals surface area contributed by atoms with Gasteiger partial charge in [0.1, 0.15) is 5.75 Å². The van der Waals surface area contributed by atoms with Crippen molar-refractivity contribution in [2.75, 3.05) is 7.11 Å². The van der Waals surface area contributed by atoms with Crippen LogP contribution in [0.25, 0.3) is 0 Å². The van der Waals surface area contributed by atoms with Gasteiger partial charge in [0, 0.05) is 12.1 Å². The van der Waals surface area contributed by atoms with Crippen molar-refractivity contribution < 1.29 is 17.9 Å². The average molecular weight is 342 g/mol. The first-order valence-corrected chi connectivity index (χ1v) is 9.08. The lowest BCUT2D eigenvalue weighted by Gasteiger charge is -2.18. The lowest BCUT2D eigenvalue weighted by atomic mass is 10.1. The second-order valence-corrected chi connectivity index (χ2v) is 7.86. The van der Waals surface area contributed by atoms with Gasteiger partial charge in [-0.25, -0.2) is 13.1 Å². The fourth-order valence-electron chi connectivity index (χ4n) is 1.82. The van der Waals surface area contributed by atoms with Crippen LogP contribution in [0.2, 0.25) is 0 Å². The molecule has 1 amide bonds. The molecule has 0 radical (unpaired) electrons. The van der Waals surface area contributed by atoms with E-state index in [2.05, 4.69) is 10.0 Å². The van der Waals surface area contributed by atoms with Gasteiger partial charge in [-0.15, -0.1) is 0 Å². The normalized spacial score (nSPS) is 13.2. The summed E-state index contributed by atoms with van der Waals surface area (Å²) >= 11 is 0. The number of nitrogens with one attached hydrogen (secondary N) is 2. The fourth-order valence-corrected chi connectivity index (χ4v) is 3.24. The van der Waals surface area contributed by atoms with Crippen LogP contribution >= 0.6 is 0 Å². The van der Waals surface area contributed by atoms with Crippen LogP contribution in [0.1, 0.15) is 45.0 Å². The Labute approximate surface area is 138 Å². The molecule has 1 aromatic carbocycles. The van der Waals surface area contributed by atoms with Crippen molar-refractivity contribution in [3.8, 4) is 5.75 Å². The van der Waals surface area contributed by atoms with E-state index in [0.717, 1.165) is 0 Å². The van der Waals surface area contributed by atoms with E-state index in [1.54, 1.807) is 6.92 Å². The van der Waals surface area contributed by atoms with Crippen molar-refractivity contribution in [1.82, 2.24) is 10.0 Å². The molecule has 23 heavy (non-hydrogen) atoms. The Balaban J connectivity index is 3.21. The van der Waals surface area contributed by atoms with Gasteiger partial charge in [0.25, 0.3) is 5.91 Å². The maximum atomic E-state index is 12.5. The first kappa shape index (κ1) is 19.4. The zero-order valence-corrected chi connectivity index (χ0v) is 15.3. The van der Waals surface area contributed by atoms with Crippen molar-refractivity contribution in [3.05, 3.63) is 23.8 Å². The quantitative estimate of drug-likeness (QED) is 0.795. The Kier molecular flexibility index (Phi) is 6.58. The third-order valence-electron chi connectivity index (χ3n) is 3.49. The second kappa shape index (κ2) is 7.79. The summed E-state index contributed by atoms with van der Waals surface area (Å²) in [4.78, 5) is 12.3. The monoisotopic (exact) mass is 342 g/mol. The number of rotatable bonds is 7. The van der Waals surface area contributed by atoms with E-state index in [9.17, 15) is 13.2 Å². The third kappa shape index (κ3) is 5.21.